The van der Waals surface area contributed by atoms with Crippen LogP contribution in [0.3, 0.4) is 0 Å². The fraction of sp³-hybridized carbons (Fsp3) is 0.286. The maximum Gasteiger partial charge on any atom is 0.295 e. The van der Waals surface area contributed by atoms with Gasteiger partial charge in [-0.25, -0.2) is 5.48 Å². The molecule has 5 nitrogen and oxygen atoms in total. The summed E-state index contributed by atoms with van der Waals surface area (Å²) in [6, 6.07) is 2.94. The Hall–Kier alpha value is -1.20. The molecule has 0 aromatic carbocycles. The minimum absolute atomic E-state index is 0.165. The van der Waals surface area contributed by atoms with Gasteiger partial charge in [0, 0.05) is 0 Å². The van der Waals surface area contributed by atoms with E-state index in [1.807, 2.05) is 0 Å². The predicted molar refractivity (Wildman–Crippen MR) is 46.1 cm³/mol. The first kappa shape index (κ1) is 9.88. The van der Waals surface area contributed by atoms with E-state index in [0.717, 1.165) is 0 Å². The lowest BCUT2D eigenvalue weighted by atomic mass is 10.4. The Kier molecular flexibility index (Phi) is 3.60. The van der Waals surface area contributed by atoms with Crippen molar-refractivity contribution in [1.82, 2.24) is 15.7 Å². The second kappa shape index (κ2) is 4.74. The molecule has 1 aromatic heterocycles. The molecule has 0 spiro atoms. The SMILES string of the molecule is CCONC(=O)c1ccc(Cl)nn1. The lowest BCUT2D eigenvalue weighted by Gasteiger charge is -2.01. The van der Waals surface area contributed by atoms with Gasteiger partial charge in [0.1, 0.15) is 0 Å². The van der Waals surface area contributed by atoms with E-state index in [1.54, 1.807) is 6.92 Å². The Morgan fingerprint density at radius 3 is 2.92 bits per heavy atom. The number of nitrogens with one attached hydrogen (secondary N) is 1. The van der Waals surface area contributed by atoms with Crippen LogP contribution < -0.4 is 5.48 Å². The first-order valence-electron chi connectivity index (χ1n) is 3.65. The highest BCUT2D eigenvalue weighted by Gasteiger charge is 2.06. The molecule has 0 fully saturated rings. The quantitative estimate of drug-likeness (QED) is 0.736. The summed E-state index contributed by atoms with van der Waals surface area (Å²) < 4.78 is 0. The van der Waals surface area contributed by atoms with Gasteiger partial charge in [0.05, 0.1) is 6.61 Å². The van der Waals surface area contributed by atoms with Crippen LogP contribution in [0.2, 0.25) is 5.15 Å². The molecular weight excluding hydrogens is 194 g/mol. The van der Waals surface area contributed by atoms with E-state index in [9.17, 15) is 4.79 Å². The van der Waals surface area contributed by atoms with Crippen LogP contribution in [0.1, 0.15) is 17.4 Å². The van der Waals surface area contributed by atoms with Crippen LogP contribution >= 0.6 is 11.6 Å². The van der Waals surface area contributed by atoms with Gasteiger partial charge in [-0.1, -0.05) is 11.6 Å². The summed E-state index contributed by atoms with van der Waals surface area (Å²) in [4.78, 5) is 15.8. The van der Waals surface area contributed by atoms with Crippen LogP contribution in [-0.4, -0.2) is 22.7 Å². The van der Waals surface area contributed by atoms with E-state index < -0.39 is 5.91 Å². The van der Waals surface area contributed by atoms with Crippen LogP contribution in [-0.2, 0) is 4.84 Å². The van der Waals surface area contributed by atoms with Gasteiger partial charge in [0.25, 0.3) is 5.91 Å². The molecule has 0 aliphatic carbocycles. The molecule has 1 heterocycles. The number of hydrogen-bond donors (Lipinski definition) is 1. The highest BCUT2D eigenvalue weighted by molar-refractivity contribution is 6.29. The molecule has 0 bridgehead atoms. The Morgan fingerprint density at radius 2 is 2.38 bits per heavy atom. The molecule has 0 atom stereocenters. The third-order valence-corrected chi connectivity index (χ3v) is 1.38. The minimum atomic E-state index is -0.439. The van der Waals surface area contributed by atoms with Crippen molar-refractivity contribution in [2.75, 3.05) is 6.61 Å². The lowest BCUT2D eigenvalue weighted by molar-refractivity contribution is 0.0359. The Labute approximate surface area is 80.0 Å². The van der Waals surface area contributed by atoms with Crippen LogP contribution in [0.4, 0.5) is 0 Å². The predicted octanol–water partition coefficient (Wildman–Crippen LogP) is 0.811. The van der Waals surface area contributed by atoms with Crippen molar-refractivity contribution in [3.63, 3.8) is 0 Å². The van der Waals surface area contributed by atoms with Crippen molar-refractivity contribution in [2.45, 2.75) is 6.92 Å². The van der Waals surface area contributed by atoms with Crippen LogP contribution in [0.15, 0.2) is 12.1 Å². The zero-order chi connectivity index (χ0) is 9.68. The molecule has 6 heteroatoms. The summed E-state index contributed by atoms with van der Waals surface area (Å²) in [5.74, 6) is -0.439. The summed E-state index contributed by atoms with van der Waals surface area (Å²) in [5.41, 5.74) is 2.35. The van der Waals surface area contributed by atoms with E-state index >= 15 is 0 Å². The first-order chi connectivity index (χ1) is 6.24. The monoisotopic (exact) mass is 201 g/mol. The number of carbonyl (C=O) groups is 1. The number of carbonyl (C=O) groups excluding carboxylic acids is 1. The molecule has 0 saturated carbocycles. The second-order valence-corrected chi connectivity index (χ2v) is 2.49. The second-order valence-electron chi connectivity index (χ2n) is 2.11. The van der Waals surface area contributed by atoms with Crippen molar-refractivity contribution in [3.05, 3.63) is 23.0 Å². The fourth-order valence-electron chi connectivity index (χ4n) is 0.627. The van der Waals surface area contributed by atoms with Gasteiger partial charge in [-0.2, -0.15) is 0 Å². The molecule has 0 aliphatic rings. The molecule has 0 unspecified atom stereocenters. The van der Waals surface area contributed by atoms with Crippen molar-refractivity contribution in [1.29, 1.82) is 0 Å². The maximum atomic E-state index is 11.1. The smallest absolute Gasteiger partial charge is 0.274 e. The molecule has 1 aromatic rings. The Balaban J connectivity index is 2.61. The van der Waals surface area contributed by atoms with Gasteiger partial charge in [-0.15, -0.1) is 10.2 Å². The van der Waals surface area contributed by atoms with E-state index in [1.165, 1.54) is 12.1 Å². The van der Waals surface area contributed by atoms with Gasteiger partial charge in [0.2, 0.25) is 0 Å². The summed E-state index contributed by atoms with van der Waals surface area (Å²) in [7, 11) is 0. The number of rotatable bonds is 3. The average molecular weight is 202 g/mol. The normalized spacial score (nSPS) is 9.69. The van der Waals surface area contributed by atoms with Crippen molar-refractivity contribution in [2.24, 2.45) is 0 Å². The Morgan fingerprint density at radius 1 is 1.62 bits per heavy atom. The molecule has 0 radical (unpaired) electrons. The topological polar surface area (TPSA) is 64.1 Å². The molecule has 1 N–H and O–H groups in total. The number of hydroxylamine groups is 1. The van der Waals surface area contributed by atoms with Crippen molar-refractivity contribution >= 4 is 17.5 Å². The molecule has 13 heavy (non-hydrogen) atoms. The summed E-state index contributed by atoms with van der Waals surface area (Å²) in [6.07, 6.45) is 0. The van der Waals surface area contributed by atoms with E-state index in [-0.39, 0.29) is 10.8 Å². The number of nitrogens with zero attached hydrogens (tertiary/aromatic N) is 2. The van der Waals surface area contributed by atoms with E-state index in [0.29, 0.717) is 6.61 Å². The number of hydrogen-bond acceptors (Lipinski definition) is 4. The van der Waals surface area contributed by atoms with Crippen LogP contribution in [0.5, 0.6) is 0 Å². The molecular formula is C7H8ClN3O2. The fourth-order valence-corrected chi connectivity index (χ4v) is 0.728. The zero-order valence-corrected chi connectivity index (χ0v) is 7.71. The molecule has 1 rings (SSSR count). The van der Waals surface area contributed by atoms with E-state index in [4.69, 9.17) is 11.6 Å². The molecule has 70 valence electrons. The van der Waals surface area contributed by atoms with Crippen molar-refractivity contribution < 1.29 is 9.63 Å². The molecule has 1 amide bonds. The summed E-state index contributed by atoms with van der Waals surface area (Å²) >= 11 is 5.48. The zero-order valence-electron chi connectivity index (χ0n) is 6.95. The van der Waals surface area contributed by atoms with Gasteiger partial charge >= 0.3 is 0 Å². The van der Waals surface area contributed by atoms with Crippen LogP contribution in [0, 0.1) is 0 Å². The lowest BCUT2D eigenvalue weighted by Crippen LogP contribution is -2.24. The molecule has 0 aliphatic heterocycles. The van der Waals surface area contributed by atoms with Gasteiger partial charge in [-0.3, -0.25) is 9.63 Å². The Bertz CT molecular complexity index is 288. The third kappa shape index (κ3) is 2.96. The van der Waals surface area contributed by atoms with Gasteiger partial charge < -0.3 is 0 Å². The summed E-state index contributed by atoms with van der Waals surface area (Å²) in [6.45, 7) is 2.15. The van der Waals surface area contributed by atoms with E-state index in [2.05, 4.69) is 20.5 Å². The number of aromatic nitrogens is 2. The maximum absolute atomic E-state index is 11.1. The summed E-state index contributed by atoms with van der Waals surface area (Å²) in [5, 5.41) is 7.31. The first-order valence-corrected chi connectivity index (χ1v) is 4.03. The average Bonchev–Trinajstić information content (AvgIpc) is 2.15. The largest absolute Gasteiger partial charge is 0.295 e. The van der Waals surface area contributed by atoms with Gasteiger partial charge in [0.15, 0.2) is 10.8 Å². The van der Waals surface area contributed by atoms with Crippen LogP contribution in [0.25, 0.3) is 0 Å². The van der Waals surface area contributed by atoms with Crippen molar-refractivity contribution in [3.8, 4) is 0 Å². The molecule has 0 saturated heterocycles. The standard InChI is InChI=1S/C7H8ClN3O2/c1-2-13-11-7(12)5-3-4-6(8)10-9-5/h3-4H,2H2,1H3,(H,11,12). The minimum Gasteiger partial charge on any atom is -0.274 e. The number of halogens is 1. The number of amides is 1. The highest BCUT2D eigenvalue weighted by Crippen LogP contribution is 2.01. The highest BCUT2D eigenvalue weighted by atomic mass is 35.5. The van der Waals surface area contributed by atoms with Gasteiger partial charge in [-0.05, 0) is 19.1 Å². The third-order valence-electron chi connectivity index (χ3n) is 1.17.